The molecule has 0 bridgehead atoms. The number of aromatic nitrogens is 1. The van der Waals surface area contributed by atoms with Gasteiger partial charge in [0.1, 0.15) is 0 Å². The molecule has 7 nitrogen and oxygen atoms in total. The summed E-state index contributed by atoms with van der Waals surface area (Å²) in [7, 11) is 0. The van der Waals surface area contributed by atoms with Crippen LogP contribution in [0.5, 0.6) is 11.5 Å². The highest BCUT2D eigenvalue weighted by Gasteiger charge is 2.20. The second-order valence-corrected chi connectivity index (χ2v) is 8.82. The van der Waals surface area contributed by atoms with Gasteiger partial charge in [0.2, 0.25) is 6.79 Å². The largest absolute Gasteiger partial charge is 0.454 e. The van der Waals surface area contributed by atoms with Gasteiger partial charge < -0.3 is 24.7 Å². The first-order chi connectivity index (χ1) is 17.0. The van der Waals surface area contributed by atoms with E-state index in [1.165, 1.54) is 5.56 Å². The van der Waals surface area contributed by atoms with Crippen molar-refractivity contribution < 1.29 is 14.3 Å². The van der Waals surface area contributed by atoms with Crippen molar-refractivity contribution in [2.45, 2.75) is 26.4 Å². The van der Waals surface area contributed by atoms with Gasteiger partial charge in [0, 0.05) is 28.3 Å². The second kappa shape index (κ2) is 9.72. The van der Waals surface area contributed by atoms with E-state index < -0.39 is 0 Å². The van der Waals surface area contributed by atoms with E-state index in [0.29, 0.717) is 27.8 Å². The first-order valence-corrected chi connectivity index (χ1v) is 11.7. The van der Waals surface area contributed by atoms with Crippen LogP contribution >= 0.6 is 11.6 Å². The predicted octanol–water partition coefficient (Wildman–Crippen LogP) is 5.71. The number of pyridine rings is 1. The molecule has 0 saturated heterocycles. The number of ether oxygens (including phenoxy) is 2. The standard InChI is InChI=1S/C27H24ClN3O4/c1-2-17-3-9-23-19(11-17)13-20(26(32)30-23)15-31(27(33)29-22-7-5-21(28)6-8-22)14-18-4-10-24-25(12-18)35-16-34-24/h3-13H,2,14-16H2,1H3,(H,29,33)(H,30,32). The minimum absolute atomic E-state index is 0.121. The Balaban J connectivity index is 1.46. The average molecular weight is 490 g/mol. The van der Waals surface area contributed by atoms with Crippen molar-refractivity contribution in [3.8, 4) is 11.5 Å². The molecule has 2 heterocycles. The number of hydrogen-bond acceptors (Lipinski definition) is 4. The molecule has 2 N–H and O–H groups in total. The van der Waals surface area contributed by atoms with E-state index in [2.05, 4.69) is 23.3 Å². The Morgan fingerprint density at radius 2 is 1.74 bits per heavy atom. The maximum absolute atomic E-state index is 13.3. The Morgan fingerprint density at radius 3 is 2.54 bits per heavy atom. The molecule has 0 atom stereocenters. The number of rotatable bonds is 6. The molecular weight excluding hydrogens is 466 g/mol. The van der Waals surface area contributed by atoms with Crippen LogP contribution in [-0.4, -0.2) is 22.7 Å². The van der Waals surface area contributed by atoms with Crippen LogP contribution in [0.3, 0.4) is 0 Å². The normalized spacial score (nSPS) is 12.1. The van der Waals surface area contributed by atoms with Crippen LogP contribution in [0.2, 0.25) is 5.02 Å². The maximum atomic E-state index is 13.3. The van der Waals surface area contributed by atoms with Crippen LogP contribution in [0.15, 0.2) is 71.5 Å². The molecule has 5 rings (SSSR count). The molecule has 0 unspecified atom stereocenters. The molecule has 8 heteroatoms. The van der Waals surface area contributed by atoms with E-state index in [-0.39, 0.29) is 31.5 Å². The lowest BCUT2D eigenvalue weighted by Gasteiger charge is -2.23. The molecule has 35 heavy (non-hydrogen) atoms. The highest BCUT2D eigenvalue weighted by Crippen LogP contribution is 2.33. The molecule has 2 amide bonds. The molecule has 1 aromatic heterocycles. The number of aryl methyl sites for hydroxylation is 1. The summed E-state index contributed by atoms with van der Waals surface area (Å²) < 4.78 is 10.9. The highest BCUT2D eigenvalue weighted by atomic mass is 35.5. The number of amides is 2. The van der Waals surface area contributed by atoms with Gasteiger partial charge in [-0.05, 0) is 77.5 Å². The van der Waals surface area contributed by atoms with Crippen molar-refractivity contribution in [3.05, 3.63) is 98.8 Å². The van der Waals surface area contributed by atoms with E-state index in [1.54, 1.807) is 29.2 Å². The average Bonchev–Trinajstić information content (AvgIpc) is 3.33. The molecule has 0 fully saturated rings. The smallest absolute Gasteiger partial charge is 0.322 e. The molecule has 1 aliphatic heterocycles. The Morgan fingerprint density at radius 1 is 0.971 bits per heavy atom. The Bertz CT molecular complexity index is 1450. The zero-order chi connectivity index (χ0) is 24.4. The third-order valence-electron chi connectivity index (χ3n) is 5.95. The molecule has 178 valence electrons. The molecule has 0 saturated carbocycles. The van der Waals surface area contributed by atoms with E-state index in [0.717, 1.165) is 22.9 Å². The molecule has 0 spiro atoms. The molecule has 3 aromatic carbocycles. The number of nitrogens with one attached hydrogen (secondary N) is 2. The summed E-state index contributed by atoms with van der Waals surface area (Å²) in [5, 5.41) is 4.41. The fourth-order valence-electron chi connectivity index (χ4n) is 4.04. The van der Waals surface area contributed by atoms with Crippen LogP contribution in [0.4, 0.5) is 10.5 Å². The van der Waals surface area contributed by atoms with Gasteiger partial charge in [0.25, 0.3) is 5.56 Å². The summed E-state index contributed by atoms with van der Waals surface area (Å²) in [4.78, 5) is 30.7. The zero-order valence-electron chi connectivity index (χ0n) is 19.1. The first kappa shape index (κ1) is 22.8. The summed E-state index contributed by atoms with van der Waals surface area (Å²) in [6.45, 7) is 2.64. The van der Waals surface area contributed by atoms with E-state index in [9.17, 15) is 9.59 Å². The second-order valence-electron chi connectivity index (χ2n) is 8.38. The van der Waals surface area contributed by atoms with E-state index >= 15 is 0 Å². The lowest BCUT2D eigenvalue weighted by Crippen LogP contribution is -2.35. The molecule has 4 aromatic rings. The number of aromatic amines is 1. The SMILES string of the molecule is CCc1ccc2[nH]c(=O)c(CN(Cc3ccc4c(c3)OCO4)C(=O)Nc3ccc(Cl)cc3)cc2c1. The number of nitrogens with zero attached hydrogens (tertiary/aromatic N) is 1. The fourth-order valence-corrected chi connectivity index (χ4v) is 4.17. The summed E-state index contributed by atoms with van der Waals surface area (Å²) in [5.74, 6) is 1.31. The molecule has 0 radical (unpaired) electrons. The van der Waals surface area contributed by atoms with Crippen molar-refractivity contribution in [1.29, 1.82) is 0 Å². The van der Waals surface area contributed by atoms with Gasteiger partial charge in [-0.2, -0.15) is 0 Å². The van der Waals surface area contributed by atoms with Crippen LogP contribution in [0.1, 0.15) is 23.6 Å². The lowest BCUT2D eigenvalue weighted by atomic mass is 10.1. The highest BCUT2D eigenvalue weighted by molar-refractivity contribution is 6.30. The molecule has 1 aliphatic rings. The fraction of sp³-hybridized carbons (Fsp3) is 0.185. The molecule has 0 aliphatic carbocycles. The number of carbonyl (C=O) groups excluding carboxylic acids is 1. The summed E-state index contributed by atoms with van der Waals surface area (Å²) in [5.41, 5.74) is 3.67. The van der Waals surface area contributed by atoms with Crippen molar-refractivity contribution >= 4 is 34.2 Å². The van der Waals surface area contributed by atoms with E-state index in [4.69, 9.17) is 21.1 Å². The minimum Gasteiger partial charge on any atom is -0.454 e. The maximum Gasteiger partial charge on any atom is 0.322 e. The van der Waals surface area contributed by atoms with Crippen molar-refractivity contribution in [2.24, 2.45) is 0 Å². The Kier molecular flexibility index (Phi) is 6.33. The van der Waals surface area contributed by atoms with Crippen LogP contribution < -0.4 is 20.3 Å². The van der Waals surface area contributed by atoms with Crippen molar-refractivity contribution in [3.63, 3.8) is 0 Å². The number of carbonyl (C=O) groups is 1. The number of H-pyrrole nitrogens is 1. The lowest BCUT2D eigenvalue weighted by molar-refractivity contribution is 0.174. The quantitative estimate of drug-likeness (QED) is 0.363. The summed E-state index contributed by atoms with van der Waals surface area (Å²) >= 11 is 5.98. The van der Waals surface area contributed by atoms with Crippen LogP contribution in [0.25, 0.3) is 10.9 Å². The Hall–Kier alpha value is -3.97. The summed E-state index contributed by atoms with van der Waals surface area (Å²) in [6.07, 6.45) is 0.893. The number of halogens is 1. The van der Waals surface area contributed by atoms with Crippen molar-refractivity contribution in [2.75, 3.05) is 12.1 Å². The van der Waals surface area contributed by atoms with Crippen LogP contribution in [0, 0.1) is 0 Å². The van der Waals surface area contributed by atoms with E-state index in [1.807, 2.05) is 36.4 Å². The van der Waals surface area contributed by atoms with Crippen LogP contribution in [-0.2, 0) is 19.5 Å². The van der Waals surface area contributed by atoms with Gasteiger partial charge in [0.05, 0.1) is 6.54 Å². The number of hydrogen-bond donors (Lipinski definition) is 2. The summed E-state index contributed by atoms with van der Waals surface area (Å²) in [6, 6.07) is 19.9. The van der Waals surface area contributed by atoms with Crippen molar-refractivity contribution in [1.82, 2.24) is 9.88 Å². The number of fused-ring (bicyclic) bond motifs is 2. The van der Waals surface area contributed by atoms with Gasteiger partial charge in [-0.25, -0.2) is 4.79 Å². The predicted molar refractivity (Wildman–Crippen MR) is 136 cm³/mol. The number of benzene rings is 3. The first-order valence-electron chi connectivity index (χ1n) is 11.3. The minimum atomic E-state index is -0.341. The van der Waals surface area contributed by atoms with Gasteiger partial charge >= 0.3 is 6.03 Å². The third-order valence-corrected chi connectivity index (χ3v) is 6.20. The molecular formula is C27H24ClN3O4. The van der Waals surface area contributed by atoms with Gasteiger partial charge in [-0.3, -0.25) is 4.79 Å². The number of anilines is 1. The van der Waals surface area contributed by atoms with Gasteiger partial charge in [-0.15, -0.1) is 0 Å². The Labute approximate surface area is 207 Å². The topological polar surface area (TPSA) is 83.7 Å². The number of urea groups is 1. The third kappa shape index (κ3) is 5.10. The zero-order valence-corrected chi connectivity index (χ0v) is 19.9. The van der Waals surface area contributed by atoms with Gasteiger partial charge in [0.15, 0.2) is 11.5 Å². The monoisotopic (exact) mass is 489 g/mol. The van der Waals surface area contributed by atoms with Gasteiger partial charge in [-0.1, -0.05) is 30.7 Å².